The molecule has 1 aromatic rings. The Morgan fingerprint density at radius 1 is 1.56 bits per heavy atom. The second kappa shape index (κ2) is 5.15. The normalized spacial score (nSPS) is 24.7. The van der Waals surface area contributed by atoms with Crippen molar-refractivity contribution in [1.29, 1.82) is 0 Å². The summed E-state index contributed by atoms with van der Waals surface area (Å²) in [5.41, 5.74) is 7.10. The van der Waals surface area contributed by atoms with E-state index in [-0.39, 0.29) is 0 Å². The van der Waals surface area contributed by atoms with Crippen LogP contribution < -0.4 is 11.1 Å². The standard InChI is InChI=1S/C12H18BrN3/c1-8-4-5-15-12(11(8)13)16-7-9-2-3-10(14)6-9/h4-5,9-10H,2-3,6-7,14H2,1H3,(H,15,16). The Labute approximate surface area is 105 Å². The Morgan fingerprint density at radius 2 is 2.38 bits per heavy atom. The molecule has 2 atom stereocenters. The molecule has 0 bridgehead atoms. The van der Waals surface area contributed by atoms with Crippen LogP contribution in [0.4, 0.5) is 5.82 Å². The van der Waals surface area contributed by atoms with Crippen LogP contribution in [-0.4, -0.2) is 17.6 Å². The maximum absolute atomic E-state index is 5.90. The molecule has 1 fully saturated rings. The van der Waals surface area contributed by atoms with E-state index in [0.717, 1.165) is 29.7 Å². The lowest BCUT2D eigenvalue weighted by molar-refractivity contribution is 0.565. The molecule has 16 heavy (non-hydrogen) atoms. The fourth-order valence-electron chi connectivity index (χ4n) is 2.20. The maximum atomic E-state index is 5.90. The second-order valence-electron chi connectivity index (χ2n) is 4.61. The van der Waals surface area contributed by atoms with E-state index in [1.165, 1.54) is 12.0 Å². The van der Waals surface area contributed by atoms with E-state index in [1.807, 2.05) is 12.3 Å². The van der Waals surface area contributed by atoms with Crippen LogP contribution in [-0.2, 0) is 0 Å². The Hall–Kier alpha value is -0.610. The van der Waals surface area contributed by atoms with Crippen LogP contribution in [0.25, 0.3) is 0 Å². The number of nitrogens with two attached hydrogens (primary N) is 1. The first-order valence-corrected chi connectivity index (χ1v) is 6.56. The molecule has 1 aliphatic rings. The van der Waals surface area contributed by atoms with Crippen molar-refractivity contribution in [2.24, 2.45) is 11.7 Å². The lowest BCUT2D eigenvalue weighted by Gasteiger charge is -2.13. The van der Waals surface area contributed by atoms with Crippen molar-refractivity contribution in [1.82, 2.24) is 4.98 Å². The molecule has 1 saturated carbocycles. The molecule has 1 heterocycles. The first-order chi connectivity index (χ1) is 7.66. The van der Waals surface area contributed by atoms with E-state index < -0.39 is 0 Å². The van der Waals surface area contributed by atoms with Gasteiger partial charge in [-0.25, -0.2) is 4.98 Å². The molecule has 4 heteroatoms. The highest BCUT2D eigenvalue weighted by Gasteiger charge is 2.21. The first-order valence-electron chi connectivity index (χ1n) is 5.77. The predicted octanol–water partition coefficient (Wildman–Crippen LogP) is 2.69. The van der Waals surface area contributed by atoms with Crippen molar-refractivity contribution in [3.63, 3.8) is 0 Å². The smallest absolute Gasteiger partial charge is 0.140 e. The average Bonchev–Trinajstić information content (AvgIpc) is 2.67. The third kappa shape index (κ3) is 2.74. The fourth-order valence-corrected chi connectivity index (χ4v) is 2.58. The Morgan fingerprint density at radius 3 is 3.06 bits per heavy atom. The van der Waals surface area contributed by atoms with Crippen LogP contribution >= 0.6 is 15.9 Å². The molecule has 0 saturated heterocycles. The molecule has 0 spiro atoms. The van der Waals surface area contributed by atoms with Gasteiger partial charge in [-0.2, -0.15) is 0 Å². The average molecular weight is 284 g/mol. The van der Waals surface area contributed by atoms with Gasteiger partial charge in [0, 0.05) is 18.8 Å². The number of hydrogen-bond donors (Lipinski definition) is 2. The van der Waals surface area contributed by atoms with Crippen molar-refractivity contribution in [2.45, 2.75) is 32.2 Å². The van der Waals surface area contributed by atoms with Crippen molar-refractivity contribution < 1.29 is 0 Å². The summed E-state index contributed by atoms with van der Waals surface area (Å²) in [6.45, 7) is 3.05. The molecule has 3 N–H and O–H groups in total. The molecule has 3 nitrogen and oxygen atoms in total. The molecule has 0 radical (unpaired) electrons. The van der Waals surface area contributed by atoms with E-state index in [4.69, 9.17) is 5.73 Å². The number of aromatic nitrogens is 1. The van der Waals surface area contributed by atoms with Crippen LogP contribution in [0.1, 0.15) is 24.8 Å². The summed E-state index contributed by atoms with van der Waals surface area (Å²) in [4.78, 5) is 4.33. The SMILES string of the molecule is Cc1ccnc(NCC2CCC(N)C2)c1Br. The Kier molecular flexibility index (Phi) is 3.82. The summed E-state index contributed by atoms with van der Waals surface area (Å²) in [7, 11) is 0. The second-order valence-corrected chi connectivity index (χ2v) is 5.40. The van der Waals surface area contributed by atoms with Gasteiger partial charge in [0.2, 0.25) is 0 Å². The summed E-state index contributed by atoms with van der Waals surface area (Å²) >= 11 is 3.55. The third-order valence-electron chi connectivity index (χ3n) is 3.22. The lowest BCUT2D eigenvalue weighted by Crippen LogP contribution is -2.18. The summed E-state index contributed by atoms with van der Waals surface area (Å²) < 4.78 is 1.07. The molecular weight excluding hydrogens is 266 g/mol. The molecule has 88 valence electrons. The van der Waals surface area contributed by atoms with Gasteiger partial charge in [0.15, 0.2) is 0 Å². The fraction of sp³-hybridized carbons (Fsp3) is 0.583. The quantitative estimate of drug-likeness (QED) is 0.897. The van der Waals surface area contributed by atoms with Gasteiger partial charge >= 0.3 is 0 Å². The molecule has 0 amide bonds. The van der Waals surface area contributed by atoms with Crippen LogP contribution in [0, 0.1) is 12.8 Å². The minimum Gasteiger partial charge on any atom is -0.369 e. The summed E-state index contributed by atoms with van der Waals surface area (Å²) in [6.07, 6.45) is 5.37. The number of rotatable bonds is 3. The number of halogens is 1. The van der Waals surface area contributed by atoms with E-state index in [9.17, 15) is 0 Å². The summed E-state index contributed by atoms with van der Waals surface area (Å²) in [6, 6.07) is 2.40. The van der Waals surface area contributed by atoms with Crippen molar-refractivity contribution in [2.75, 3.05) is 11.9 Å². The van der Waals surface area contributed by atoms with Crippen LogP contribution in [0.3, 0.4) is 0 Å². The van der Waals surface area contributed by atoms with Gasteiger partial charge in [-0.15, -0.1) is 0 Å². The highest BCUT2D eigenvalue weighted by molar-refractivity contribution is 9.10. The van der Waals surface area contributed by atoms with E-state index in [1.54, 1.807) is 0 Å². The predicted molar refractivity (Wildman–Crippen MR) is 70.5 cm³/mol. The molecule has 2 rings (SSSR count). The van der Waals surface area contributed by atoms with Crippen molar-refractivity contribution >= 4 is 21.7 Å². The summed E-state index contributed by atoms with van der Waals surface area (Å²) in [5, 5.41) is 3.40. The highest BCUT2D eigenvalue weighted by Crippen LogP contribution is 2.27. The largest absolute Gasteiger partial charge is 0.369 e. The van der Waals surface area contributed by atoms with Crippen LogP contribution in [0.15, 0.2) is 16.7 Å². The van der Waals surface area contributed by atoms with Gasteiger partial charge in [0.05, 0.1) is 4.47 Å². The number of anilines is 1. The first kappa shape index (κ1) is 11.9. The number of pyridine rings is 1. The highest BCUT2D eigenvalue weighted by atomic mass is 79.9. The lowest BCUT2D eigenvalue weighted by atomic mass is 10.1. The molecular formula is C12H18BrN3. The van der Waals surface area contributed by atoms with Gasteiger partial charge in [-0.05, 0) is 59.7 Å². The molecule has 2 unspecified atom stereocenters. The number of hydrogen-bond acceptors (Lipinski definition) is 3. The topological polar surface area (TPSA) is 50.9 Å². The molecule has 0 aromatic carbocycles. The van der Waals surface area contributed by atoms with Gasteiger partial charge in [0.25, 0.3) is 0 Å². The zero-order chi connectivity index (χ0) is 11.5. The molecule has 1 aromatic heterocycles. The van der Waals surface area contributed by atoms with Gasteiger partial charge in [-0.1, -0.05) is 0 Å². The Bertz CT molecular complexity index is 367. The monoisotopic (exact) mass is 283 g/mol. The third-order valence-corrected chi connectivity index (χ3v) is 4.22. The van der Waals surface area contributed by atoms with Gasteiger partial charge < -0.3 is 11.1 Å². The number of aryl methyl sites for hydroxylation is 1. The zero-order valence-electron chi connectivity index (χ0n) is 9.54. The van der Waals surface area contributed by atoms with Crippen LogP contribution in [0.5, 0.6) is 0 Å². The van der Waals surface area contributed by atoms with E-state index in [0.29, 0.717) is 12.0 Å². The van der Waals surface area contributed by atoms with E-state index >= 15 is 0 Å². The minimum atomic E-state index is 0.403. The van der Waals surface area contributed by atoms with Gasteiger partial charge in [-0.3, -0.25) is 0 Å². The number of nitrogens with zero attached hydrogens (tertiary/aromatic N) is 1. The van der Waals surface area contributed by atoms with Crippen LogP contribution in [0.2, 0.25) is 0 Å². The van der Waals surface area contributed by atoms with Crippen molar-refractivity contribution in [3.8, 4) is 0 Å². The molecule has 1 aliphatic carbocycles. The van der Waals surface area contributed by atoms with Gasteiger partial charge in [0.1, 0.15) is 5.82 Å². The zero-order valence-corrected chi connectivity index (χ0v) is 11.1. The number of nitrogens with one attached hydrogen (secondary N) is 1. The van der Waals surface area contributed by atoms with Crippen molar-refractivity contribution in [3.05, 3.63) is 22.3 Å². The molecule has 0 aliphatic heterocycles. The Balaban J connectivity index is 1.92. The maximum Gasteiger partial charge on any atom is 0.140 e. The summed E-state index contributed by atoms with van der Waals surface area (Å²) in [5.74, 6) is 1.64. The van der Waals surface area contributed by atoms with E-state index in [2.05, 4.69) is 33.2 Å². The minimum absolute atomic E-state index is 0.403.